The number of hydrogen-bond donors (Lipinski definition) is 1. The fourth-order valence-electron chi connectivity index (χ4n) is 4.40. The lowest BCUT2D eigenvalue weighted by atomic mass is 10.1. The van der Waals surface area contributed by atoms with E-state index < -0.39 is 17.6 Å². The summed E-state index contributed by atoms with van der Waals surface area (Å²) in [6.07, 6.45) is 1.82. The maximum atomic E-state index is 13.7. The van der Waals surface area contributed by atoms with Crippen molar-refractivity contribution in [3.05, 3.63) is 113 Å². The van der Waals surface area contributed by atoms with Gasteiger partial charge in [-0.1, -0.05) is 6.07 Å². The molecule has 0 aliphatic rings. The number of ether oxygens (including phenoxy) is 1. The average molecular weight is 586 g/mol. The van der Waals surface area contributed by atoms with Crippen molar-refractivity contribution in [3.63, 3.8) is 0 Å². The Morgan fingerprint density at radius 1 is 1.02 bits per heavy atom. The van der Waals surface area contributed by atoms with Crippen molar-refractivity contribution in [2.45, 2.75) is 20.0 Å². The maximum Gasteiger partial charge on any atom is 0.416 e. The Hall–Kier alpha value is -5.03. The van der Waals surface area contributed by atoms with Gasteiger partial charge in [0.2, 0.25) is 0 Å². The summed E-state index contributed by atoms with van der Waals surface area (Å²) < 4.78 is 48.9. The number of aryl methyl sites for hydroxylation is 2. The Kier molecular flexibility index (Phi) is 6.95. The molecule has 6 aromatic rings. The molecule has 0 aliphatic heterocycles. The van der Waals surface area contributed by atoms with Crippen molar-refractivity contribution in [1.82, 2.24) is 19.5 Å². The van der Waals surface area contributed by atoms with Crippen LogP contribution in [0.5, 0.6) is 11.5 Å². The molecular formula is C31H22F3N5O2S. The van der Waals surface area contributed by atoms with E-state index in [0.29, 0.717) is 22.9 Å². The van der Waals surface area contributed by atoms with Crippen LogP contribution in [0.1, 0.15) is 27.2 Å². The van der Waals surface area contributed by atoms with Gasteiger partial charge in [0, 0.05) is 47.2 Å². The molecule has 2 aromatic carbocycles. The Morgan fingerprint density at radius 2 is 1.88 bits per heavy atom. The highest BCUT2D eigenvalue weighted by atomic mass is 32.1. The molecule has 0 spiro atoms. The lowest BCUT2D eigenvalue weighted by molar-refractivity contribution is -0.137. The second-order valence-corrected chi connectivity index (χ2v) is 10.5. The minimum Gasteiger partial charge on any atom is -0.456 e. The van der Waals surface area contributed by atoms with Crippen LogP contribution in [0, 0.1) is 13.8 Å². The quantitative estimate of drug-likeness (QED) is 0.213. The van der Waals surface area contributed by atoms with Gasteiger partial charge < -0.3 is 14.6 Å². The fourth-order valence-corrected chi connectivity index (χ4v) is 5.18. The number of benzene rings is 2. The maximum absolute atomic E-state index is 13.7. The smallest absolute Gasteiger partial charge is 0.416 e. The summed E-state index contributed by atoms with van der Waals surface area (Å²) in [4.78, 5) is 27.0. The van der Waals surface area contributed by atoms with Gasteiger partial charge in [-0.2, -0.15) is 13.2 Å². The summed E-state index contributed by atoms with van der Waals surface area (Å²) in [6.45, 7) is 3.58. The molecule has 0 fully saturated rings. The third-order valence-corrected chi connectivity index (χ3v) is 7.35. The number of nitrogens with zero attached hydrogens (tertiary/aromatic N) is 4. The van der Waals surface area contributed by atoms with Crippen LogP contribution in [0.3, 0.4) is 0 Å². The van der Waals surface area contributed by atoms with Crippen molar-refractivity contribution >= 4 is 33.1 Å². The van der Waals surface area contributed by atoms with Crippen molar-refractivity contribution in [2.24, 2.45) is 0 Å². The number of aromatic nitrogens is 4. The molecule has 4 heterocycles. The first-order valence-electron chi connectivity index (χ1n) is 12.8. The zero-order chi connectivity index (χ0) is 29.4. The van der Waals surface area contributed by atoms with Gasteiger partial charge >= 0.3 is 6.18 Å². The van der Waals surface area contributed by atoms with Gasteiger partial charge in [0.05, 0.1) is 28.7 Å². The Morgan fingerprint density at radius 3 is 2.62 bits per heavy atom. The van der Waals surface area contributed by atoms with Crippen molar-refractivity contribution in [2.75, 3.05) is 5.32 Å². The SMILES string of the molecule is Cc1cn(-c2cc(NC(=O)c3ccc(C)c(Oc4cc(-c5cccnc5)nc5sccc45)c3)cc(C(F)(F)F)c2)cn1. The van der Waals surface area contributed by atoms with E-state index in [2.05, 4.69) is 15.3 Å². The molecule has 1 N–H and O–H groups in total. The predicted molar refractivity (Wildman–Crippen MR) is 155 cm³/mol. The summed E-state index contributed by atoms with van der Waals surface area (Å²) in [5.41, 5.74) is 2.47. The number of amides is 1. The molecule has 11 heteroatoms. The molecule has 0 radical (unpaired) electrons. The van der Waals surface area contributed by atoms with E-state index in [4.69, 9.17) is 9.72 Å². The first-order valence-corrected chi connectivity index (χ1v) is 13.6. The molecule has 0 unspecified atom stereocenters. The van der Waals surface area contributed by atoms with Crippen LogP contribution in [0.25, 0.3) is 27.2 Å². The second kappa shape index (κ2) is 10.7. The highest BCUT2D eigenvalue weighted by Crippen LogP contribution is 2.37. The minimum absolute atomic E-state index is 0.00514. The Bertz CT molecular complexity index is 1930. The van der Waals surface area contributed by atoms with Crippen LogP contribution in [-0.2, 0) is 6.18 Å². The fraction of sp³-hybridized carbons (Fsp3) is 0.0968. The molecule has 7 nitrogen and oxygen atoms in total. The summed E-state index contributed by atoms with van der Waals surface area (Å²) in [5, 5.41) is 5.34. The number of thiophene rings is 1. The van der Waals surface area contributed by atoms with E-state index in [0.717, 1.165) is 33.5 Å². The van der Waals surface area contributed by atoms with Crippen molar-refractivity contribution in [1.29, 1.82) is 0 Å². The highest BCUT2D eigenvalue weighted by Gasteiger charge is 2.31. The Labute approximate surface area is 242 Å². The average Bonchev–Trinajstić information content (AvgIpc) is 3.63. The van der Waals surface area contributed by atoms with E-state index >= 15 is 0 Å². The zero-order valence-corrected chi connectivity index (χ0v) is 23.1. The van der Waals surface area contributed by atoms with Crippen molar-refractivity contribution in [3.8, 4) is 28.4 Å². The number of pyridine rings is 2. The number of hydrogen-bond acceptors (Lipinski definition) is 6. The van der Waals surface area contributed by atoms with Gasteiger partial charge in [0.25, 0.3) is 5.91 Å². The van der Waals surface area contributed by atoms with E-state index in [1.807, 2.05) is 36.6 Å². The summed E-state index contributed by atoms with van der Waals surface area (Å²) in [7, 11) is 0. The predicted octanol–water partition coefficient (Wildman–Crippen LogP) is 8.22. The van der Waals surface area contributed by atoms with Gasteiger partial charge in [-0.3, -0.25) is 9.78 Å². The van der Waals surface area contributed by atoms with Crippen LogP contribution < -0.4 is 10.1 Å². The van der Waals surface area contributed by atoms with Gasteiger partial charge in [0.15, 0.2) is 0 Å². The number of rotatable bonds is 6. The van der Waals surface area contributed by atoms with Gasteiger partial charge in [-0.25, -0.2) is 9.97 Å². The van der Waals surface area contributed by atoms with Crippen LogP contribution in [0.2, 0.25) is 0 Å². The molecule has 4 aromatic heterocycles. The Balaban J connectivity index is 1.32. The molecule has 0 aliphatic carbocycles. The molecular weight excluding hydrogens is 563 g/mol. The van der Waals surface area contributed by atoms with E-state index in [9.17, 15) is 18.0 Å². The molecule has 6 rings (SSSR count). The molecule has 42 heavy (non-hydrogen) atoms. The van der Waals surface area contributed by atoms with Gasteiger partial charge in [-0.05, 0) is 73.3 Å². The third kappa shape index (κ3) is 5.59. The molecule has 0 saturated carbocycles. The van der Waals surface area contributed by atoms with E-state index in [1.165, 1.54) is 28.3 Å². The molecule has 0 atom stereocenters. The zero-order valence-electron chi connectivity index (χ0n) is 22.3. The van der Waals surface area contributed by atoms with Crippen LogP contribution in [-0.4, -0.2) is 25.4 Å². The van der Waals surface area contributed by atoms with Gasteiger partial charge in [0.1, 0.15) is 16.3 Å². The number of halogens is 3. The third-order valence-electron chi connectivity index (χ3n) is 6.54. The molecule has 1 amide bonds. The number of fused-ring (bicyclic) bond motifs is 1. The number of carbonyl (C=O) groups is 1. The van der Waals surface area contributed by atoms with Crippen molar-refractivity contribution < 1.29 is 22.7 Å². The van der Waals surface area contributed by atoms with Crippen LogP contribution >= 0.6 is 11.3 Å². The lowest BCUT2D eigenvalue weighted by Crippen LogP contribution is -2.14. The molecule has 0 saturated heterocycles. The first-order chi connectivity index (χ1) is 20.1. The summed E-state index contributed by atoms with van der Waals surface area (Å²) in [5.74, 6) is 0.398. The molecule has 0 bridgehead atoms. The number of carbonyl (C=O) groups excluding carboxylic acids is 1. The van der Waals surface area contributed by atoms with E-state index in [-0.39, 0.29) is 16.9 Å². The van der Waals surface area contributed by atoms with Gasteiger partial charge in [-0.15, -0.1) is 11.3 Å². The standard InChI is InChI=1S/C31H22F3N5O2S/c1-18-5-6-20(29(40)37-23-11-22(31(32,33)34)12-24(13-23)39-16-19(2)36-17-39)10-27(18)41-28-14-26(21-4-3-8-35-15-21)38-30-25(28)7-9-42-30/h3-17H,1-2H3,(H,37,40). The first kappa shape index (κ1) is 27.2. The lowest BCUT2D eigenvalue weighted by Gasteiger charge is -2.15. The van der Waals surface area contributed by atoms with Crippen LogP contribution in [0.4, 0.5) is 18.9 Å². The monoisotopic (exact) mass is 585 g/mol. The molecule has 210 valence electrons. The highest BCUT2D eigenvalue weighted by molar-refractivity contribution is 7.16. The minimum atomic E-state index is -4.61. The van der Waals surface area contributed by atoms with E-state index in [1.54, 1.807) is 43.7 Å². The summed E-state index contributed by atoms with van der Waals surface area (Å²) >= 11 is 1.48. The summed E-state index contributed by atoms with van der Waals surface area (Å²) in [6, 6.07) is 15.7. The number of anilines is 1. The number of imidazole rings is 1. The normalized spacial score (nSPS) is 11.5. The topological polar surface area (TPSA) is 81.9 Å². The largest absolute Gasteiger partial charge is 0.456 e. The van der Waals surface area contributed by atoms with Crippen LogP contribution in [0.15, 0.2) is 91.0 Å². The number of nitrogens with one attached hydrogen (secondary N) is 1. The number of alkyl halides is 3. The second-order valence-electron chi connectivity index (χ2n) is 9.61.